The van der Waals surface area contributed by atoms with Gasteiger partial charge in [0.05, 0.1) is 35.4 Å². The van der Waals surface area contributed by atoms with Crippen molar-refractivity contribution in [1.29, 1.82) is 0 Å². The van der Waals surface area contributed by atoms with Crippen LogP contribution in [0.15, 0.2) is 102 Å². The first kappa shape index (κ1) is 48.0. The lowest BCUT2D eigenvalue weighted by Gasteiger charge is -2.62. The van der Waals surface area contributed by atoms with E-state index in [0.29, 0.717) is 41.7 Å². The molecule has 8 atom stereocenters. The smallest absolute Gasteiger partial charge is 0.335 e. The minimum Gasteiger partial charge on any atom is -0.481 e. The van der Waals surface area contributed by atoms with E-state index in [9.17, 15) is 34.2 Å². The second-order valence-electron chi connectivity index (χ2n) is 16.6. The number of benzene rings is 3. The molecular formula is C47H57NO13. The Kier molecular flexibility index (Phi) is 15.9. The third-order valence-corrected chi connectivity index (χ3v) is 12.4. The second-order valence-corrected chi connectivity index (χ2v) is 16.6. The Morgan fingerprint density at radius 3 is 1.79 bits per heavy atom. The number of ketones is 1. The number of Topliss-reactive ketones (excluding diaryl/α,β-unsaturated/α-hetero) is 1. The number of hydrogen-bond acceptors (Lipinski definition) is 11. The van der Waals surface area contributed by atoms with Crippen LogP contribution in [0.2, 0.25) is 0 Å². The predicted molar refractivity (Wildman–Crippen MR) is 223 cm³/mol. The van der Waals surface area contributed by atoms with Crippen LogP contribution in [0.1, 0.15) is 93.5 Å². The van der Waals surface area contributed by atoms with Gasteiger partial charge in [-0.15, -0.1) is 0 Å². The van der Waals surface area contributed by atoms with E-state index in [-0.39, 0.29) is 43.0 Å². The number of carboxylic acid groups (broad SMARTS) is 2. The Bertz CT molecular complexity index is 2020. The summed E-state index contributed by atoms with van der Waals surface area (Å²) in [6.45, 7) is 10.0. The number of aromatic carboxylic acids is 1. The summed E-state index contributed by atoms with van der Waals surface area (Å²) in [5.41, 5.74) is 4.34. The molecule has 4 aliphatic rings. The number of nitrogens with two attached hydrogens (primary N) is 1. The van der Waals surface area contributed by atoms with Crippen molar-refractivity contribution in [2.24, 2.45) is 28.4 Å². The van der Waals surface area contributed by atoms with E-state index in [1.807, 2.05) is 50.2 Å². The van der Waals surface area contributed by atoms with Gasteiger partial charge < -0.3 is 40.4 Å². The first-order chi connectivity index (χ1) is 28.6. The highest BCUT2D eigenvalue weighted by Gasteiger charge is 2.67. The zero-order chi connectivity index (χ0) is 45.3. The van der Waals surface area contributed by atoms with E-state index in [0.717, 1.165) is 12.5 Å². The number of carboxylic acids is 2. The average Bonchev–Trinajstić information content (AvgIpc) is 3.20. The third-order valence-electron chi connectivity index (χ3n) is 12.4. The zero-order valence-electron chi connectivity index (χ0n) is 35.4. The Morgan fingerprint density at radius 2 is 1.34 bits per heavy atom. The maximum Gasteiger partial charge on any atom is 0.335 e. The fourth-order valence-corrected chi connectivity index (χ4v) is 8.81. The van der Waals surface area contributed by atoms with Crippen molar-refractivity contribution in [2.75, 3.05) is 6.61 Å². The maximum absolute atomic E-state index is 14.4. The van der Waals surface area contributed by atoms with Crippen LogP contribution in [0.25, 0.3) is 0 Å². The summed E-state index contributed by atoms with van der Waals surface area (Å²) < 4.78 is 17.4. The van der Waals surface area contributed by atoms with Crippen LogP contribution in [0.4, 0.5) is 0 Å². The molecule has 1 aliphatic heterocycles. The molecule has 7 unspecified atom stereocenters. The molecule has 2 saturated carbocycles. The Morgan fingerprint density at radius 1 is 0.820 bits per heavy atom. The molecule has 3 aromatic rings. The van der Waals surface area contributed by atoms with Crippen molar-refractivity contribution >= 4 is 35.6 Å². The third kappa shape index (κ3) is 11.2. The number of aliphatic carboxylic acids is 1. The van der Waals surface area contributed by atoms with Gasteiger partial charge in [-0.2, -0.15) is 0 Å². The standard InChI is InChI=1S/C31H40O8.C7H7NO.C7H6O2.C2H4O2/c1-17-23(39-25(34)12-11-19-9-7-6-8-10-19)15-31(36)14-21-20-16-37-22(20)13-24(33)30(21,5)28(35)27(38-18(2)32)26(17)29(31,3)4;2*8-7(9)6-4-2-1-3-5-6;1-2(3)4/h6-10,20-24,27,33,36H,11-16H2,1-5H3;1-5H,(H2,8,9);1-5H,(H,8,9);1H3,(H,3,4)/t20?,21?,22?,23-,24?,27?,30?,31?;;;/m0.../s1. The van der Waals surface area contributed by atoms with E-state index in [1.165, 1.54) is 6.92 Å². The molecule has 328 valence electrons. The lowest BCUT2D eigenvalue weighted by Crippen LogP contribution is -2.69. The number of primary amides is 1. The molecule has 3 fully saturated rings. The topological polar surface area (TPSA) is 237 Å². The van der Waals surface area contributed by atoms with Crippen molar-refractivity contribution < 1.29 is 63.4 Å². The predicted octanol–water partition coefficient (Wildman–Crippen LogP) is 5.58. The van der Waals surface area contributed by atoms with Gasteiger partial charge in [0.1, 0.15) is 6.10 Å². The number of fused-ring (bicyclic) bond motifs is 5. The number of amides is 1. The number of carbonyl (C=O) groups excluding carboxylic acids is 4. The molecule has 0 spiro atoms. The number of rotatable bonds is 7. The SMILES string of the molecule is CC(=O)O.CC(=O)OC1C(=O)C2(C)C(O)CC3OCC3C2CC2(O)C[C@H](OC(=O)CCc3ccccc3)C(C)=C1C2(C)C.NC(=O)c1ccccc1.O=C(O)c1ccccc1. The maximum atomic E-state index is 14.4. The molecule has 14 heteroatoms. The molecule has 61 heavy (non-hydrogen) atoms. The summed E-state index contributed by atoms with van der Waals surface area (Å²) in [6.07, 6.45) is -1.90. The molecule has 7 rings (SSSR count). The molecule has 3 aliphatic carbocycles. The number of ether oxygens (including phenoxy) is 3. The second kappa shape index (κ2) is 20.2. The fourth-order valence-electron chi connectivity index (χ4n) is 8.81. The zero-order valence-corrected chi connectivity index (χ0v) is 35.4. The molecule has 6 N–H and O–H groups in total. The quantitative estimate of drug-likeness (QED) is 0.145. The lowest BCUT2D eigenvalue weighted by atomic mass is 9.47. The highest BCUT2D eigenvalue weighted by molar-refractivity contribution is 5.95. The number of carbonyl (C=O) groups is 6. The molecule has 0 aromatic heterocycles. The highest BCUT2D eigenvalue weighted by Crippen LogP contribution is 2.61. The van der Waals surface area contributed by atoms with Crippen LogP contribution in [0.3, 0.4) is 0 Å². The van der Waals surface area contributed by atoms with Crippen molar-refractivity contribution in [3.8, 4) is 0 Å². The molecule has 14 nitrogen and oxygen atoms in total. The summed E-state index contributed by atoms with van der Waals surface area (Å²) >= 11 is 0. The van der Waals surface area contributed by atoms with Gasteiger partial charge in [-0.25, -0.2) is 4.79 Å². The minimum atomic E-state index is -1.39. The Balaban J connectivity index is 0.000000301. The lowest BCUT2D eigenvalue weighted by molar-refractivity contribution is -0.244. The van der Waals surface area contributed by atoms with Gasteiger partial charge in [0.15, 0.2) is 11.9 Å². The highest BCUT2D eigenvalue weighted by atomic mass is 16.6. The number of hydrogen-bond donors (Lipinski definition) is 5. The van der Waals surface area contributed by atoms with Crippen molar-refractivity contribution in [2.45, 2.75) is 104 Å². The summed E-state index contributed by atoms with van der Waals surface area (Å²) in [6, 6.07) is 26.7. The van der Waals surface area contributed by atoms with Crippen molar-refractivity contribution in [3.05, 3.63) is 119 Å². The van der Waals surface area contributed by atoms with Gasteiger partial charge in [0, 0.05) is 50.0 Å². The van der Waals surface area contributed by atoms with Crippen molar-refractivity contribution in [3.63, 3.8) is 0 Å². The van der Waals surface area contributed by atoms with E-state index in [1.54, 1.807) is 68.4 Å². The van der Waals surface area contributed by atoms with Gasteiger partial charge in [0.25, 0.3) is 5.97 Å². The summed E-state index contributed by atoms with van der Waals surface area (Å²) in [7, 11) is 0. The molecular weight excluding hydrogens is 787 g/mol. The van der Waals surface area contributed by atoms with Gasteiger partial charge in [-0.1, -0.05) is 80.6 Å². The molecule has 2 bridgehead atoms. The summed E-state index contributed by atoms with van der Waals surface area (Å²) in [4.78, 5) is 69.4. The van der Waals surface area contributed by atoms with Crippen LogP contribution in [0, 0.1) is 22.7 Å². The van der Waals surface area contributed by atoms with Gasteiger partial charge >= 0.3 is 17.9 Å². The molecule has 3 aromatic carbocycles. The Labute approximate surface area is 355 Å². The fraction of sp³-hybridized carbons (Fsp3) is 0.447. The monoisotopic (exact) mass is 843 g/mol. The van der Waals surface area contributed by atoms with E-state index in [4.69, 9.17) is 35.0 Å². The minimum absolute atomic E-state index is 0.0134. The summed E-state index contributed by atoms with van der Waals surface area (Å²) in [5.74, 6) is -3.91. The van der Waals surface area contributed by atoms with E-state index in [2.05, 4.69) is 0 Å². The van der Waals surface area contributed by atoms with Gasteiger partial charge in [0.2, 0.25) is 5.91 Å². The van der Waals surface area contributed by atoms with Crippen LogP contribution in [-0.4, -0.2) is 92.6 Å². The van der Waals surface area contributed by atoms with Crippen LogP contribution >= 0.6 is 0 Å². The van der Waals surface area contributed by atoms with E-state index < -0.39 is 64.5 Å². The normalized spacial score (nSPS) is 27.9. The Hall–Kier alpha value is -5.70. The number of aliphatic hydroxyl groups is 2. The molecule has 1 amide bonds. The first-order valence-corrected chi connectivity index (χ1v) is 20.1. The molecule has 1 saturated heterocycles. The van der Waals surface area contributed by atoms with Crippen LogP contribution < -0.4 is 5.73 Å². The number of aryl methyl sites for hydroxylation is 1. The van der Waals surface area contributed by atoms with Crippen LogP contribution in [-0.2, 0) is 39.8 Å². The van der Waals surface area contributed by atoms with Crippen LogP contribution in [0.5, 0.6) is 0 Å². The average molecular weight is 844 g/mol. The molecule has 1 heterocycles. The molecule has 0 radical (unpaired) electrons. The number of esters is 2. The first-order valence-electron chi connectivity index (χ1n) is 20.1. The number of aliphatic hydroxyl groups excluding tert-OH is 1. The van der Waals surface area contributed by atoms with Gasteiger partial charge in [-0.05, 0) is 73.6 Å². The van der Waals surface area contributed by atoms with Crippen molar-refractivity contribution in [1.82, 2.24) is 0 Å². The summed E-state index contributed by atoms with van der Waals surface area (Å²) in [5, 5.41) is 39.5. The largest absolute Gasteiger partial charge is 0.481 e. The van der Waals surface area contributed by atoms with Gasteiger partial charge in [-0.3, -0.25) is 24.0 Å². The van der Waals surface area contributed by atoms with E-state index >= 15 is 0 Å².